The zero-order chi connectivity index (χ0) is 20.9. The van der Waals surface area contributed by atoms with Gasteiger partial charge >= 0.3 is 0 Å². The Bertz CT molecular complexity index is 1140. The third kappa shape index (κ3) is 2.89. The van der Waals surface area contributed by atoms with Crippen LogP contribution in [0.15, 0.2) is 53.0 Å². The van der Waals surface area contributed by atoms with E-state index in [9.17, 15) is 14.4 Å². The molecule has 1 aliphatic rings. The Kier molecular flexibility index (Phi) is 4.62. The highest BCUT2D eigenvalue weighted by atomic mass is 79.9. The summed E-state index contributed by atoms with van der Waals surface area (Å²) in [6, 6.07) is 14.4. The Labute approximate surface area is 176 Å². The van der Waals surface area contributed by atoms with Crippen LogP contribution < -0.4 is 14.7 Å². The molecule has 0 radical (unpaired) electrons. The predicted molar refractivity (Wildman–Crippen MR) is 118 cm³/mol. The summed E-state index contributed by atoms with van der Waals surface area (Å²) in [5, 5.41) is 1.54. The lowest BCUT2D eigenvalue weighted by atomic mass is 9.93. The minimum atomic E-state index is -0.374. The van der Waals surface area contributed by atoms with Gasteiger partial charge in [-0.15, -0.1) is 0 Å². The third-order valence-corrected chi connectivity index (χ3v) is 5.71. The Hall–Kier alpha value is -3.19. The maximum Gasteiger partial charge on any atom is 0.266 e. The van der Waals surface area contributed by atoms with Gasteiger partial charge in [-0.3, -0.25) is 14.4 Å². The summed E-state index contributed by atoms with van der Waals surface area (Å²) in [7, 11) is 5.33. The van der Waals surface area contributed by atoms with Crippen molar-refractivity contribution >= 4 is 62.0 Å². The normalized spacial score (nSPS) is 13.0. The molecule has 0 spiro atoms. The van der Waals surface area contributed by atoms with Gasteiger partial charge in [0.2, 0.25) is 6.41 Å². The van der Waals surface area contributed by atoms with Crippen LogP contribution >= 0.6 is 15.9 Å². The van der Waals surface area contributed by atoms with Gasteiger partial charge in [-0.05, 0) is 45.6 Å². The Morgan fingerprint density at radius 1 is 0.897 bits per heavy atom. The second-order valence-electron chi connectivity index (χ2n) is 7.06. The zero-order valence-electron chi connectivity index (χ0n) is 16.1. The number of hydrogen-bond donors (Lipinski definition) is 0. The molecule has 0 aliphatic carbocycles. The number of carbonyl (C=O) groups excluding carboxylic acids is 3. The first-order chi connectivity index (χ1) is 13.8. The van der Waals surface area contributed by atoms with Crippen LogP contribution in [0.1, 0.15) is 20.7 Å². The molecule has 1 aliphatic heterocycles. The standard InChI is InChI=1S/C22H18BrN3O3/c1-24(2)18-11-17(16(23)10-19(18)25(3)12-27)26-21(28)14-8-4-6-13-7-5-9-15(20(13)14)22(26)29/h4-12H,1-3H3. The summed E-state index contributed by atoms with van der Waals surface area (Å²) >= 11 is 3.49. The second kappa shape index (κ2) is 7.00. The zero-order valence-corrected chi connectivity index (χ0v) is 17.7. The van der Waals surface area contributed by atoms with Crippen molar-refractivity contribution < 1.29 is 14.4 Å². The molecule has 0 bridgehead atoms. The lowest BCUT2D eigenvalue weighted by Gasteiger charge is -2.30. The molecule has 0 unspecified atom stereocenters. The van der Waals surface area contributed by atoms with Crippen LogP contribution in [0.2, 0.25) is 0 Å². The van der Waals surface area contributed by atoms with Gasteiger partial charge in [-0.25, -0.2) is 4.90 Å². The molecule has 7 heteroatoms. The SMILES string of the molecule is CN(C)c1cc(N2C(=O)c3cccc4cccc(c34)C2=O)c(Br)cc1N(C)C=O. The molecule has 6 nitrogen and oxygen atoms in total. The van der Waals surface area contributed by atoms with E-state index < -0.39 is 0 Å². The first-order valence-corrected chi connectivity index (χ1v) is 9.74. The van der Waals surface area contributed by atoms with Crippen LogP contribution in [-0.2, 0) is 4.79 Å². The molecule has 0 aromatic heterocycles. The van der Waals surface area contributed by atoms with E-state index in [1.165, 1.54) is 9.80 Å². The molecule has 0 saturated carbocycles. The highest BCUT2D eigenvalue weighted by Gasteiger charge is 2.35. The monoisotopic (exact) mass is 451 g/mol. The van der Waals surface area contributed by atoms with E-state index in [-0.39, 0.29) is 11.8 Å². The summed E-state index contributed by atoms with van der Waals surface area (Å²) in [5.74, 6) is -0.748. The highest BCUT2D eigenvalue weighted by molar-refractivity contribution is 9.10. The number of hydrogen-bond acceptors (Lipinski definition) is 4. The summed E-state index contributed by atoms with van der Waals surface area (Å²) in [6.07, 6.45) is 0.711. The largest absolute Gasteiger partial charge is 0.376 e. The fourth-order valence-corrected chi connectivity index (χ4v) is 4.17. The van der Waals surface area contributed by atoms with Crippen molar-refractivity contribution in [3.05, 3.63) is 64.1 Å². The van der Waals surface area contributed by atoms with Crippen molar-refractivity contribution in [2.75, 3.05) is 35.8 Å². The quantitative estimate of drug-likeness (QED) is 0.443. The topological polar surface area (TPSA) is 60.9 Å². The molecule has 4 rings (SSSR count). The number of rotatable bonds is 4. The van der Waals surface area contributed by atoms with Gasteiger partial charge in [-0.1, -0.05) is 24.3 Å². The van der Waals surface area contributed by atoms with Crippen molar-refractivity contribution in [2.24, 2.45) is 0 Å². The smallest absolute Gasteiger partial charge is 0.266 e. The lowest BCUT2D eigenvalue weighted by molar-refractivity contribution is -0.107. The number of anilines is 3. The van der Waals surface area contributed by atoms with Gasteiger partial charge in [-0.2, -0.15) is 0 Å². The Balaban J connectivity index is 1.94. The first-order valence-electron chi connectivity index (χ1n) is 8.94. The molecular formula is C22H18BrN3O3. The van der Waals surface area contributed by atoms with Crippen LogP contribution in [0.5, 0.6) is 0 Å². The van der Waals surface area contributed by atoms with Crippen LogP contribution in [0.25, 0.3) is 10.8 Å². The fourth-order valence-electron chi connectivity index (χ4n) is 3.66. The third-order valence-electron chi connectivity index (χ3n) is 5.08. The minimum Gasteiger partial charge on any atom is -0.376 e. The van der Waals surface area contributed by atoms with Crippen molar-refractivity contribution in [3.63, 3.8) is 0 Å². The van der Waals surface area contributed by atoms with E-state index in [2.05, 4.69) is 15.9 Å². The molecule has 1 heterocycles. The van der Waals surface area contributed by atoms with Crippen molar-refractivity contribution in [3.8, 4) is 0 Å². The Morgan fingerprint density at radius 3 is 2.00 bits per heavy atom. The van der Waals surface area contributed by atoms with Crippen LogP contribution in [0, 0.1) is 0 Å². The lowest BCUT2D eigenvalue weighted by Crippen LogP contribution is -2.40. The molecule has 0 saturated heterocycles. The number of amides is 3. The maximum absolute atomic E-state index is 13.3. The van der Waals surface area contributed by atoms with E-state index in [1.807, 2.05) is 43.3 Å². The van der Waals surface area contributed by atoms with Gasteiger partial charge in [0, 0.05) is 42.1 Å². The number of carbonyl (C=O) groups is 3. The van der Waals surface area contributed by atoms with Crippen molar-refractivity contribution in [1.29, 1.82) is 0 Å². The van der Waals surface area contributed by atoms with Crippen molar-refractivity contribution in [2.45, 2.75) is 0 Å². The molecule has 3 amide bonds. The average molecular weight is 452 g/mol. The van der Waals surface area contributed by atoms with Gasteiger partial charge in [0.25, 0.3) is 11.8 Å². The average Bonchev–Trinajstić information content (AvgIpc) is 2.72. The minimum absolute atomic E-state index is 0.374. The first kappa shape index (κ1) is 19.1. The molecule has 29 heavy (non-hydrogen) atoms. The number of halogens is 1. The van der Waals surface area contributed by atoms with E-state index in [1.54, 1.807) is 31.3 Å². The molecule has 3 aromatic rings. The van der Waals surface area contributed by atoms with Crippen LogP contribution in [0.4, 0.5) is 17.1 Å². The van der Waals surface area contributed by atoms with E-state index >= 15 is 0 Å². The summed E-state index contributed by atoms with van der Waals surface area (Å²) < 4.78 is 0.542. The van der Waals surface area contributed by atoms with Gasteiger partial charge < -0.3 is 9.80 Å². The molecule has 0 fully saturated rings. The number of benzene rings is 3. The molecule has 3 aromatic carbocycles. The second-order valence-corrected chi connectivity index (χ2v) is 7.91. The molecule has 0 N–H and O–H groups in total. The molecular weight excluding hydrogens is 434 g/mol. The summed E-state index contributed by atoms with van der Waals surface area (Å²) in [4.78, 5) is 42.4. The maximum atomic E-state index is 13.3. The molecule has 146 valence electrons. The molecule has 0 atom stereocenters. The van der Waals surface area contributed by atoms with E-state index in [4.69, 9.17) is 0 Å². The van der Waals surface area contributed by atoms with E-state index in [0.29, 0.717) is 44.5 Å². The van der Waals surface area contributed by atoms with Crippen LogP contribution in [-0.4, -0.2) is 39.4 Å². The summed E-state index contributed by atoms with van der Waals surface area (Å²) in [5.41, 5.74) is 2.77. The predicted octanol–water partition coefficient (Wildman–Crippen LogP) is 4.06. The fraction of sp³-hybridized carbons (Fsp3) is 0.136. The van der Waals surface area contributed by atoms with Gasteiger partial charge in [0.05, 0.1) is 17.1 Å². The Morgan fingerprint density at radius 2 is 1.48 bits per heavy atom. The number of imide groups is 1. The number of nitrogens with zero attached hydrogens (tertiary/aromatic N) is 3. The van der Waals surface area contributed by atoms with Gasteiger partial charge in [0.15, 0.2) is 0 Å². The highest BCUT2D eigenvalue weighted by Crippen LogP contribution is 2.41. The van der Waals surface area contributed by atoms with E-state index in [0.717, 1.165) is 5.39 Å². The van der Waals surface area contributed by atoms with Crippen molar-refractivity contribution in [1.82, 2.24) is 0 Å². The van der Waals surface area contributed by atoms with Gasteiger partial charge in [0.1, 0.15) is 0 Å². The van der Waals surface area contributed by atoms with Crippen LogP contribution in [0.3, 0.4) is 0 Å². The summed E-state index contributed by atoms with van der Waals surface area (Å²) in [6.45, 7) is 0.